The molecule has 0 amide bonds. The molecule has 0 saturated heterocycles. The summed E-state index contributed by atoms with van der Waals surface area (Å²) in [6.45, 7) is 9.57. The lowest BCUT2D eigenvalue weighted by Crippen LogP contribution is -2.56. The average molecular weight is 158 g/mol. The molecule has 0 aromatic carbocycles. The van der Waals surface area contributed by atoms with Gasteiger partial charge in [-0.3, -0.25) is 0 Å². The maximum absolute atomic E-state index is 5.75. The Morgan fingerprint density at radius 2 is 1.45 bits per heavy atom. The Kier molecular flexibility index (Phi) is 3.09. The van der Waals surface area contributed by atoms with Crippen molar-refractivity contribution in [2.75, 3.05) is 20.6 Å². The van der Waals surface area contributed by atoms with E-state index in [1.165, 1.54) is 0 Å². The molecule has 0 saturated carbocycles. The normalized spacial score (nSPS) is 18.5. The van der Waals surface area contributed by atoms with Crippen molar-refractivity contribution in [3.05, 3.63) is 0 Å². The van der Waals surface area contributed by atoms with Gasteiger partial charge in [0.2, 0.25) is 0 Å². The number of hydrogen-bond acceptors (Lipinski definition) is 2. The molecule has 68 valence electrons. The number of hydrogen-bond donors (Lipinski definition) is 1. The number of likely N-dealkylation sites (N-methyl/N-ethyl adjacent to an activating group) is 1. The molecule has 0 bridgehead atoms. The standard InChI is InChI=1S/C9H22N2/c1-8(2,3)9(4,7-10)11(5)6/h7,10H2,1-6H3. The van der Waals surface area contributed by atoms with Crippen LogP contribution in [0.1, 0.15) is 27.7 Å². The van der Waals surface area contributed by atoms with E-state index in [0.717, 1.165) is 0 Å². The summed E-state index contributed by atoms with van der Waals surface area (Å²) in [4.78, 5) is 2.20. The first-order chi connectivity index (χ1) is 4.75. The van der Waals surface area contributed by atoms with Gasteiger partial charge in [-0.15, -0.1) is 0 Å². The third-order valence-electron chi connectivity index (χ3n) is 3.00. The highest BCUT2D eigenvalue weighted by molar-refractivity contribution is 4.94. The third kappa shape index (κ3) is 1.94. The van der Waals surface area contributed by atoms with Gasteiger partial charge in [0.15, 0.2) is 0 Å². The minimum Gasteiger partial charge on any atom is -0.329 e. The van der Waals surface area contributed by atoms with Crippen molar-refractivity contribution >= 4 is 0 Å². The van der Waals surface area contributed by atoms with Crippen LogP contribution < -0.4 is 5.73 Å². The van der Waals surface area contributed by atoms with Crippen LogP contribution in [-0.4, -0.2) is 31.1 Å². The summed E-state index contributed by atoms with van der Waals surface area (Å²) in [6, 6.07) is 0. The molecule has 0 aromatic heterocycles. The lowest BCUT2D eigenvalue weighted by Gasteiger charge is -2.46. The first kappa shape index (κ1) is 10.9. The minimum atomic E-state index is 0.0903. The molecule has 11 heavy (non-hydrogen) atoms. The summed E-state index contributed by atoms with van der Waals surface area (Å²) in [5.41, 5.74) is 6.07. The van der Waals surface area contributed by atoms with Crippen LogP contribution in [0.2, 0.25) is 0 Å². The highest BCUT2D eigenvalue weighted by atomic mass is 15.2. The van der Waals surface area contributed by atoms with Gasteiger partial charge in [-0.05, 0) is 26.4 Å². The summed E-state index contributed by atoms with van der Waals surface area (Å²) in [5, 5.41) is 0. The van der Waals surface area contributed by atoms with Crippen molar-refractivity contribution in [1.82, 2.24) is 4.90 Å². The van der Waals surface area contributed by atoms with Crippen LogP contribution in [0.5, 0.6) is 0 Å². The zero-order valence-electron chi connectivity index (χ0n) is 8.73. The molecule has 0 heterocycles. The molecule has 0 spiro atoms. The Bertz CT molecular complexity index is 124. The van der Waals surface area contributed by atoms with E-state index in [9.17, 15) is 0 Å². The van der Waals surface area contributed by atoms with Gasteiger partial charge in [-0.2, -0.15) is 0 Å². The zero-order valence-corrected chi connectivity index (χ0v) is 8.73. The van der Waals surface area contributed by atoms with Gasteiger partial charge in [-0.1, -0.05) is 20.8 Å². The van der Waals surface area contributed by atoms with Crippen LogP contribution in [0.15, 0.2) is 0 Å². The topological polar surface area (TPSA) is 29.3 Å². The van der Waals surface area contributed by atoms with Gasteiger partial charge >= 0.3 is 0 Å². The lowest BCUT2D eigenvalue weighted by molar-refractivity contribution is 0.0551. The van der Waals surface area contributed by atoms with Crippen molar-refractivity contribution in [3.63, 3.8) is 0 Å². The summed E-state index contributed by atoms with van der Waals surface area (Å²) >= 11 is 0. The van der Waals surface area contributed by atoms with Gasteiger partial charge in [0.25, 0.3) is 0 Å². The van der Waals surface area contributed by atoms with Gasteiger partial charge in [-0.25, -0.2) is 0 Å². The second kappa shape index (κ2) is 3.11. The van der Waals surface area contributed by atoms with Crippen molar-refractivity contribution in [3.8, 4) is 0 Å². The van der Waals surface area contributed by atoms with Crippen molar-refractivity contribution in [1.29, 1.82) is 0 Å². The fourth-order valence-electron chi connectivity index (χ4n) is 1.16. The molecule has 0 aromatic rings. The smallest absolute Gasteiger partial charge is 0.0345 e. The molecule has 1 unspecified atom stereocenters. The number of nitrogens with two attached hydrogens (primary N) is 1. The summed E-state index contributed by atoms with van der Waals surface area (Å²) < 4.78 is 0. The van der Waals surface area contributed by atoms with Gasteiger partial charge in [0, 0.05) is 12.1 Å². The van der Waals surface area contributed by atoms with Crippen LogP contribution in [0, 0.1) is 5.41 Å². The molecular weight excluding hydrogens is 136 g/mol. The highest BCUT2D eigenvalue weighted by Crippen LogP contribution is 2.32. The van der Waals surface area contributed by atoms with E-state index in [2.05, 4.69) is 46.7 Å². The molecule has 0 fully saturated rings. The fraction of sp³-hybridized carbons (Fsp3) is 1.00. The maximum atomic E-state index is 5.75. The predicted molar refractivity (Wildman–Crippen MR) is 50.6 cm³/mol. The Labute approximate surface area is 70.8 Å². The monoisotopic (exact) mass is 158 g/mol. The lowest BCUT2D eigenvalue weighted by atomic mass is 9.74. The molecule has 0 aliphatic carbocycles. The van der Waals surface area contributed by atoms with Gasteiger partial charge in [0.1, 0.15) is 0 Å². The zero-order chi connectivity index (χ0) is 9.28. The summed E-state index contributed by atoms with van der Waals surface area (Å²) in [6.07, 6.45) is 0. The van der Waals surface area contributed by atoms with Gasteiger partial charge in [0.05, 0.1) is 0 Å². The summed E-state index contributed by atoms with van der Waals surface area (Å²) in [7, 11) is 4.16. The molecule has 0 aliphatic rings. The Morgan fingerprint density at radius 3 is 1.45 bits per heavy atom. The van der Waals surface area contributed by atoms with Crippen molar-refractivity contribution in [2.24, 2.45) is 11.1 Å². The van der Waals surface area contributed by atoms with Crippen molar-refractivity contribution in [2.45, 2.75) is 33.2 Å². The predicted octanol–water partition coefficient (Wildman–Crippen LogP) is 1.31. The first-order valence-electron chi connectivity index (χ1n) is 4.13. The van der Waals surface area contributed by atoms with E-state index in [-0.39, 0.29) is 11.0 Å². The van der Waals surface area contributed by atoms with Crippen LogP contribution in [0.25, 0.3) is 0 Å². The molecule has 0 rings (SSSR count). The van der Waals surface area contributed by atoms with E-state index in [0.29, 0.717) is 6.54 Å². The molecule has 2 heteroatoms. The number of rotatable bonds is 2. The Balaban J connectivity index is 4.61. The quantitative estimate of drug-likeness (QED) is 0.656. The fourth-order valence-corrected chi connectivity index (χ4v) is 1.16. The summed E-state index contributed by atoms with van der Waals surface area (Å²) in [5.74, 6) is 0. The molecule has 1 atom stereocenters. The van der Waals surface area contributed by atoms with Crippen LogP contribution in [-0.2, 0) is 0 Å². The molecule has 2 N–H and O–H groups in total. The van der Waals surface area contributed by atoms with Crippen LogP contribution in [0.3, 0.4) is 0 Å². The van der Waals surface area contributed by atoms with Crippen molar-refractivity contribution < 1.29 is 0 Å². The second-order valence-electron chi connectivity index (χ2n) is 4.62. The third-order valence-corrected chi connectivity index (χ3v) is 3.00. The number of nitrogens with zero attached hydrogens (tertiary/aromatic N) is 1. The van der Waals surface area contributed by atoms with Gasteiger partial charge < -0.3 is 10.6 Å². The highest BCUT2D eigenvalue weighted by Gasteiger charge is 2.37. The molecular formula is C9H22N2. The SMILES string of the molecule is CN(C)C(C)(CN)C(C)(C)C. The van der Waals surface area contributed by atoms with E-state index in [1.54, 1.807) is 0 Å². The Morgan fingerprint density at radius 1 is 1.09 bits per heavy atom. The molecule has 0 aliphatic heterocycles. The molecule has 2 nitrogen and oxygen atoms in total. The van der Waals surface area contributed by atoms with Crippen LogP contribution >= 0.6 is 0 Å². The average Bonchev–Trinajstić information content (AvgIpc) is 1.83. The van der Waals surface area contributed by atoms with E-state index >= 15 is 0 Å². The largest absolute Gasteiger partial charge is 0.329 e. The second-order valence-corrected chi connectivity index (χ2v) is 4.62. The first-order valence-corrected chi connectivity index (χ1v) is 4.13. The minimum absolute atomic E-state index is 0.0903. The van der Waals surface area contributed by atoms with E-state index in [1.807, 2.05) is 0 Å². The van der Waals surface area contributed by atoms with E-state index in [4.69, 9.17) is 5.73 Å². The van der Waals surface area contributed by atoms with E-state index < -0.39 is 0 Å². The van der Waals surface area contributed by atoms with Crippen LogP contribution in [0.4, 0.5) is 0 Å². The maximum Gasteiger partial charge on any atom is 0.0345 e. The Hall–Kier alpha value is -0.0800. The molecule has 0 radical (unpaired) electrons.